The van der Waals surface area contributed by atoms with E-state index in [-0.39, 0.29) is 18.7 Å². The van der Waals surface area contributed by atoms with Gasteiger partial charge in [0.1, 0.15) is 0 Å². The number of fused-ring (bicyclic) bond motifs is 6. The highest BCUT2D eigenvalue weighted by atomic mass is 127. The number of halogens is 1. The Balaban J connectivity index is 1.63. The summed E-state index contributed by atoms with van der Waals surface area (Å²) in [6, 6.07) is 10.0. The first kappa shape index (κ1) is 15.3. The van der Waals surface area contributed by atoms with E-state index in [0.717, 1.165) is 37.3 Å². The molecule has 0 aromatic heterocycles. The van der Waals surface area contributed by atoms with Gasteiger partial charge in [0.15, 0.2) is 11.5 Å². The zero-order valence-electron chi connectivity index (χ0n) is 13.9. The minimum atomic E-state index is -0.453. The van der Waals surface area contributed by atoms with E-state index in [1.807, 2.05) is 42.2 Å². The summed E-state index contributed by atoms with van der Waals surface area (Å²) in [5.41, 5.74) is 3.65. The second kappa shape index (κ2) is 5.00. The Morgan fingerprint density at radius 2 is 2.00 bits per heavy atom. The molecule has 4 nitrogen and oxygen atoms in total. The fraction of sp³-hybridized carbons (Fsp3) is 0.250. The summed E-state index contributed by atoms with van der Waals surface area (Å²) in [6.45, 7) is 4.37. The van der Waals surface area contributed by atoms with Crippen LogP contribution in [0.4, 0.5) is 0 Å². The summed E-state index contributed by atoms with van der Waals surface area (Å²) in [5.74, 6) is 1.59. The fourth-order valence-corrected chi connectivity index (χ4v) is 4.67. The van der Waals surface area contributed by atoms with Gasteiger partial charge in [0.05, 0.1) is 17.1 Å². The number of benzene rings is 2. The van der Waals surface area contributed by atoms with Crippen molar-refractivity contribution in [2.24, 2.45) is 0 Å². The molecule has 5 heteroatoms. The van der Waals surface area contributed by atoms with Crippen molar-refractivity contribution in [3.05, 3.63) is 68.3 Å². The molecular formula is C20H16INO3. The highest BCUT2D eigenvalue weighted by molar-refractivity contribution is 14.1. The van der Waals surface area contributed by atoms with Gasteiger partial charge in [0.25, 0.3) is 5.91 Å². The monoisotopic (exact) mass is 445 g/mol. The normalized spacial score (nSPS) is 24.8. The zero-order chi connectivity index (χ0) is 17.3. The second-order valence-electron chi connectivity index (χ2n) is 6.90. The molecule has 3 heterocycles. The van der Waals surface area contributed by atoms with E-state index in [0.29, 0.717) is 0 Å². The van der Waals surface area contributed by atoms with E-state index >= 15 is 0 Å². The molecule has 0 N–H and O–H groups in total. The van der Waals surface area contributed by atoms with Gasteiger partial charge in [-0.3, -0.25) is 4.79 Å². The van der Waals surface area contributed by atoms with Crippen molar-refractivity contribution < 1.29 is 14.3 Å². The average molecular weight is 445 g/mol. The van der Waals surface area contributed by atoms with Crippen molar-refractivity contribution in [3.63, 3.8) is 0 Å². The maximum Gasteiger partial charge on any atom is 0.256 e. The van der Waals surface area contributed by atoms with Crippen molar-refractivity contribution in [3.8, 4) is 11.5 Å². The van der Waals surface area contributed by atoms with Crippen LogP contribution < -0.4 is 9.47 Å². The van der Waals surface area contributed by atoms with E-state index < -0.39 is 5.54 Å². The van der Waals surface area contributed by atoms with E-state index in [2.05, 4.69) is 41.7 Å². The molecule has 2 unspecified atom stereocenters. The quantitative estimate of drug-likeness (QED) is 0.485. The summed E-state index contributed by atoms with van der Waals surface area (Å²) in [5, 5.41) is 0. The molecule has 126 valence electrons. The Morgan fingerprint density at radius 3 is 2.80 bits per heavy atom. The first-order chi connectivity index (χ1) is 12.0. The molecule has 2 atom stereocenters. The second-order valence-corrected chi connectivity index (χ2v) is 8.06. The first-order valence-electron chi connectivity index (χ1n) is 8.22. The van der Waals surface area contributed by atoms with Crippen molar-refractivity contribution in [1.29, 1.82) is 0 Å². The van der Waals surface area contributed by atoms with Gasteiger partial charge in [-0.15, -0.1) is 0 Å². The van der Waals surface area contributed by atoms with E-state index in [4.69, 9.17) is 9.47 Å². The Hall–Kier alpha value is -2.02. The van der Waals surface area contributed by atoms with Gasteiger partial charge in [-0.1, -0.05) is 23.8 Å². The van der Waals surface area contributed by atoms with Crippen LogP contribution in [0, 0.1) is 10.5 Å². The number of hydrogen-bond acceptors (Lipinski definition) is 3. The van der Waals surface area contributed by atoms with Crippen LogP contribution in [0.15, 0.2) is 42.5 Å². The van der Waals surface area contributed by atoms with Crippen LogP contribution in [0.1, 0.15) is 40.0 Å². The first-order valence-corrected chi connectivity index (χ1v) is 9.30. The van der Waals surface area contributed by atoms with Gasteiger partial charge < -0.3 is 14.4 Å². The van der Waals surface area contributed by atoms with Crippen LogP contribution in [0.25, 0.3) is 0 Å². The Labute approximate surface area is 159 Å². The van der Waals surface area contributed by atoms with E-state index in [1.54, 1.807) is 0 Å². The Kier molecular flexibility index (Phi) is 3.05. The molecule has 2 aromatic carbocycles. The van der Waals surface area contributed by atoms with Crippen molar-refractivity contribution in [1.82, 2.24) is 4.90 Å². The number of amides is 1. The third kappa shape index (κ3) is 1.96. The number of carbonyl (C=O) groups excluding carboxylic acids is 1. The summed E-state index contributed by atoms with van der Waals surface area (Å²) < 4.78 is 12.0. The number of hydrogen-bond donors (Lipinski definition) is 0. The number of ether oxygens (including phenoxy) is 2. The molecule has 3 aliphatic rings. The lowest BCUT2D eigenvalue weighted by Crippen LogP contribution is -2.40. The van der Waals surface area contributed by atoms with Crippen molar-refractivity contribution in [2.75, 3.05) is 6.79 Å². The van der Waals surface area contributed by atoms with Gasteiger partial charge in [0, 0.05) is 3.57 Å². The Morgan fingerprint density at radius 1 is 1.24 bits per heavy atom. The van der Waals surface area contributed by atoms with Gasteiger partial charge in [-0.2, -0.15) is 0 Å². The SMILES string of the molecule is Cc1ccc(I)c(C(=O)N2C3C=CC2(C)c2cc4c(cc23)OCO4)c1. The third-order valence-electron chi connectivity index (χ3n) is 5.36. The molecule has 0 spiro atoms. The van der Waals surface area contributed by atoms with Crippen molar-refractivity contribution in [2.45, 2.75) is 25.4 Å². The van der Waals surface area contributed by atoms with Crippen LogP contribution in [0.5, 0.6) is 11.5 Å². The summed E-state index contributed by atoms with van der Waals surface area (Å²) in [7, 11) is 0. The highest BCUT2D eigenvalue weighted by Gasteiger charge is 2.52. The van der Waals surface area contributed by atoms with E-state index in [9.17, 15) is 4.79 Å². The molecule has 0 fully saturated rings. The highest BCUT2D eigenvalue weighted by Crippen LogP contribution is 2.56. The zero-order valence-corrected chi connectivity index (χ0v) is 16.0. The van der Waals surface area contributed by atoms with Gasteiger partial charge in [0.2, 0.25) is 6.79 Å². The summed E-state index contributed by atoms with van der Waals surface area (Å²) >= 11 is 2.24. The lowest BCUT2D eigenvalue weighted by molar-refractivity contribution is 0.0613. The van der Waals surface area contributed by atoms with Crippen LogP contribution in [0.3, 0.4) is 0 Å². The molecule has 25 heavy (non-hydrogen) atoms. The van der Waals surface area contributed by atoms with Crippen LogP contribution in [-0.4, -0.2) is 17.6 Å². The van der Waals surface area contributed by atoms with Gasteiger partial charge in [-0.05, 0) is 71.8 Å². The van der Waals surface area contributed by atoms with Gasteiger partial charge in [-0.25, -0.2) is 0 Å². The molecule has 2 bridgehead atoms. The standard InChI is InChI=1S/C20H16INO3/c1-11-3-4-15(21)13(7-11)19(23)22-16-5-6-20(22,2)14-9-18-17(8-12(14)16)24-10-25-18/h3-9,16H,10H2,1-2H3. The predicted molar refractivity (Wildman–Crippen MR) is 102 cm³/mol. The number of carbonyl (C=O) groups is 1. The molecule has 1 amide bonds. The number of aryl methyl sites for hydroxylation is 1. The molecule has 3 aliphatic heterocycles. The molecule has 0 radical (unpaired) electrons. The fourth-order valence-electron chi connectivity index (χ4n) is 4.11. The maximum atomic E-state index is 13.4. The number of nitrogens with zero attached hydrogens (tertiary/aromatic N) is 1. The largest absolute Gasteiger partial charge is 0.454 e. The molecule has 0 saturated carbocycles. The molecular weight excluding hydrogens is 429 g/mol. The average Bonchev–Trinajstić information content (AvgIpc) is 3.24. The number of rotatable bonds is 1. The molecule has 5 rings (SSSR count). The molecule has 0 saturated heterocycles. The van der Waals surface area contributed by atoms with Crippen LogP contribution in [0.2, 0.25) is 0 Å². The van der Waals surface area contributed by atoms with E-state index in [1.165, 1.54) is 0 Å². The lowest BCUT2D eigenvalue weighted by atomic mass is 9.87. The summed E-state index contributed by atoms with van der Waals surface area (Å²) in [4.78, 5) is 15.4. The van der Waals surface area contributed by atoms with Crippen LogP contribution >= 0.6 is 22.6 Å². The molecule has 0 aliphatic carbocycles. The topological polar surface area (TPSA) is 38.8 Å². The third-order valence-corrected chi connectivity index (χ3v) is 6.30. The minimum absolute atomic E-state index is 0.0571. The molecule has 2 aromatic rings. The minimum Gasteiger partial charge on any atom is -0.454 e. The lowest BCUT2D eigenvalue weighted by Gasteiger charge is -2.32. The van der Waals surface area contributed by atoms with Crippen LogP contribution in [-0.2, 0) is 5.54 Å². The smallest absolute Gasteiger partial charge is 0.256 e. The van der Waals surface area contributed by atoms with Crippen molar-refractivity contribution >= 4 is 28.5 Å². The van der Waals surface area contributed by atoms with Gasteiger partial charge >= 0.3 is 0 Å². The summed E-state index contributed by atoms with van der Waals surface area (Å²) in [6.07, 6.45) is 4.24. The Bertz CT molecular complexity index is 968. The predicted octanol–water partition coefficient (Wildman–Crippen LogP) is 4.31. The maximum absolute atomic E-state index is 13.4.